The largest absolute Gasteiger partial charge is 0.355 e. The molecule has 26 heavy (non-hydrogen) atoms. The van der Waals surface area contributed by atoms with Crippen LogP contribution in [0.5, 0.6) is 0 Å². The fourth-order valence-electron chi connectivity index (χ4n) is 2.58. The van der Waals surface area contributed by atoms with Crippen LogP contribution in [0.25, 0.3) is 0 Å². The molecule has 0 radical (unpaired) electrons. The summed E-state index contributed by atoms with van der Waals surface area (Å²) in [7, 11) is -3.78. The lowest BCUT2D eigenvalue weighted by Gasteiger charge is -2.22. The molecule has 1 N–H and O–H groups in total. The lowest BCUT2D eigenvalue weighted by molar-refractivity contribution is -0.121. The van der Waals surface area contributed by atoms with Gasteiger partial charge < -0.3 is 5.32 Å². The van der Waals surface area contributed by atoms with Gasteiger partial charge in [-0.15, -0.1) is 0 Å². The molecular weight excluding hydrogens is 348 g/mol. The van der Waals surface area contributed by atoms with Crippen LogP contribution in [0.2, 0.25) is 0 Å². The molecule has 0 aromatic heterocycles. The Morgan fingerprint density at radius 3 is 2.35 bits per heavy atom. The van der Waals surface area contributed by atoms with Gasteiger partial charge >= 0.3 is 0 Å². The van der Waals surface area contributed by atoms with Crippen molar-refractivity contribution in [3.05, 3.63) is 65.2 Å². The Morgan fingerprint density at radius 1 is 1.04 bits per heavy atom. The Morgan fingerprint density at radius 2 is 1.73 bits per heavy atom. The summed E-state index contributed by atoms with van der Waals surface area (Å²) < 4.78 is 27.4. The number of nitrogens with one attached hydrogen (secondary N) is 1. The van der Waals surface area contributed by atoms with Crippen LogP contribution in [0.3, 0.4) is 0 Å². The van der Waals surface area contributed by atoms with Crippen LogP contribution >= 0.6 is 0 Å². The van der Waals surface area contributed by atoms with Crippen LogP contribution in [-0.4, -0.2) is 31.7 Å². The number of hydrogen-bond donors (Lipinski definition) is 1. The summed E-state index contributed by atoms with van der Waals surface area (Å²) in [5, 5.41) is 2.75. The predicted molar refractivity (Wildman–Crippen MR) is 103 cm³/mol. The van der Waals surface area contributed by atoms with Crippen LogP contribution in [0.1, 0.15) is 30.0 Å². The van der Waals surface area contributed by atoms with E-state index in [1.807, 2.05) is 45.0 Å². The molecule has 0 bridgehead atoms. The first kappa shape index (κ1) is 20.1. The zero-order valence-corrected chi connectivity index (χ0v) is 16.3. The van der Waals surface area contributed by atoms with E-state index in [1.165, 1.54) is 4.31 Å². The van der Waals surface area contributed by atoms with Gasteiger partial charge in [0.1, 0.15) is 0 Å². The molecule has 0 fully saturated rings. The van der Waals surface area contributed by atoms with Gasteiger partial charge in [0.2, 0.25) is 15.9 Å². The lowest BCUT2D eigenvalue weighted by atomic mass is 10.1. The molecule has 0 atom stereocenters. The first-order valence-electron chi connectivity index (χ1n) is 8.72. The highest BCUT2D eigenvalue weighted by molar-refractivity contribution is 7.89. The third kappa shape index (κ3) is 5.41. The Balaban J connectivity index is 2.32. The minimum absolute atomic E-state index is 0.150. The molecule has 1 amide bonds. The Hall–Kier alpha value is -2.18. The van der Waals surface area contributed by atoms with E-state index in [4.69, 9.17) is 0 Å². The van der Waals surface area contributed by atoms with Gasteiger partial charge in [-0.25, -0.2) is 8.42 Å². The van der Waals surface area contributed by atoms with E-state index < -0.39 is 10.0 Å². The first-order valence-corrected chi connectivity index (χ1v) is 10.2. The van der Waals surface area contributed by atoms with Crippen molar-refractivity contribution >= 4 is 15.9 Å². The summed E-state index contributed by atoms with van der Waals surface area (Å²) >= 11 is 0. The van der Waals surface area contributed by atoms with Crippen molar-refractivity contribution in [2.75, 3.05) is 13.1 Å². The topological polar surface area (TPSA) is 66.5 Å². The molecule has 0 aliphatic heterocycles. The zero-order chi connectivity index (χ0) is 19.2. The molecule has 6 heteroatoms. The Bertz CT molecular complexity index is 846. The van der Waals surface area contributed by atoms with E-state index in [-0.39, 0.29) is 23.9 Å². The second-order valence-corrected chi connectivity index (χ2v) is 8.36. The van der Waals surface area contributed by atoms with Crippen LogP contribution in [0, 0.1) is 13.8 Å². The van der Waals surface area contributed by atoms with Crippen molar-refractivity contribution in [3.63, 3.8) is 0 Å². The van der Waals surface area contributed by atoms with Crippen molar-refractivity contribution in [2.45, 2.75) is 38.6 Å². The van der Waals surface area contributed by atoms with Crippen molar-refractivity contribution in [2.24, 2.45) is 0 Å². The molecule has 0 aliphatic carbocycles. The third-order valence-electron chi connectivity index (χ3n) is 3.99. The van der Waals surface area contributed by atoms with Crippen molar-refractivity contribution in [3.8, 4) is 0 Å². The molecule has 0 heterocycles. The number of amides is 1. The Kier molecular flexibility index (Phi) is 6.94. The number of rotatable bonds is 8. The lowest BCUT2D eigenvalue weighted by Crippen LogP contribution is -2.40. The number of sulfonamides is 1. The summed E-state index contributed by atoms with van der Waals surface area (Å²) in [5.74, 6) is -0.296. The van der Waals surface area contributed by atoms with Crippen molar-refractivity contribution in [1.82, 2.24) is 9.62 Å². The molecule has 0 spiro atoms. The summed E-state index contributed by atoms with van der Waals surface area (Å²) in [6.45, 7) is 6.28. The van der Waals surface area contributed by atoms with E-state index in [0.29, 0.717) is 6.54 Å². The van der Waals surface area contributed by atoms with E-state index in [9.17, 15) is 13.2 Å². The van der Waals surface area contributed by atoms with E-state index in [0.717, 1.165) is 23.1 Å². The SMILES string of the molecule is CCCNC(=O)CN(Cc1cccc(C)c1)S(=O)(=O)c1ccc(C)cc1. The number of benzene rings is 2. The summed E-state index contributed by atoms with van der Waals surface area (Å²) in [4.78, 5) is 12.4. The number of carbonyl (C=O) groups excluding carboxylic acids is 1. The van der Waals surface area contributed by atoms with Crippen LogP contribution in [-0.2, 0) is 21.4 Å². The normalized spacial score (nSPS) is 11.5. The zero-order valence-electron chi connectivity index (χ0n) is 15.5. The standard InChI is InChI=1S/C20H26N2O3S/c1-4-12-21-20(23)15-22(14-18-7-5-6-17(3)13-18)26(24,25)19-10-8-16(2)9-11-19/h5-11,13H,4,12,14-15H2,1-3H3,(H,21,23). The maximum Gasteiger partial charge on any atom is 0.243 e. The summed E-state index contributed by atoms with van der Waals surface area (Å²) in [6.07, 6.45) is 0.800. The molecule has 140 valence electrons. The molecule has 0 saturated heterocycles. The molecule has 2 aromatic rings. The van der Waals surface area contributed by atoms with Gasteiger partial charge in [0.15, 0.2) is 0 Å². The number of carbonyl (C=O) groups is 1. The highest BCUT2D eigenvalue weighted by Gasteiger charge is 2.26. The van der Waals surface area contributed by atoms with Crippen LogP contribution < -0.4 is 5.32 Å². The maximum absolute atomic E-state index is 13.1. The minimum Gasteiger partial charge on any atom is -0.355 e. The van der Waals surface area contributed by atoms with Gasteiger partial charge in [0.05, 0.1) is 11.4 Å². The fourth-order valence-corrected chi connectivity index (χ4v) is 3.96. The highest BCUT2D eigenvalue weighted by atomic mass is 32.2. The maximum atomic E-state index is 13.1. The number of hydrogen-bond acceptors (Lipinski definition) is 3. The van der Waals surface area contributed by atoms with Gasteiger partial charge in [-0.1, -0.05) is 54.4 Å². The van der Waals surface area contributed by atoms with Gasteiger partial charge in [0.25, 0.3) is 0 Å². The molecule has 0 saturated carbocycles. The summed E-state index contributed by atoms with van der Waals surface area (Å²) in [5.41, 5.74) is 2.88. The molecule has 5 nitrogen and oxygen atoms in total. The van der Waals surface area contributed by atoms with E-state index >= 15 is 0 Å². The molecule has 0 aliphatic rings. The van der Waals surface area contributed by atoms with E-state index in [2.05, 4.69) is 5.32 Å². The van der Waals surface area contributed by atoms with Gasteiger partial charge in [-0.05, 0) is 38.0 Å². The smallest absolute Gasteiger partial charge is 0.243 e. The van der Waals surface area contributed by atoms with Crippen molar-refractivity contribution in [1.29, 1.82) is 0 Å². The highest BCUT2D eigenvalue weighted by Crippen LogP contribution is 2.19. The average molecular weight is 375 g/mol. The molecular formula is C20H26N2O3S. The quantitative estimate of drug-likeness (QED) is 0.772. The van der Waals surface area contributed by atoms with Gasteiger partial charge in [-0.3, -0.25) is 4.79 Å². The van der Waals surface area contributed by atoms with Crippen molar-refractivity contribution < 1.29 is 13.2 Å². The van der Waals surface area contributed by atoms with Crippen LogP contribution in [0.4, 0.5) is 0 Å². The first-order chi connectivity index (χ1) is 12.3. The molecule has 2 rings (SSSR count). The second-order valence-electron chi connectivity index (χ2n) is 6.43. The minimum atomic E-state index is -3.78. The predicted octanol–water partition coefficient (Wildman–Crippen LogP) is 3.02. The molecule has 0 unspecified atom stereocenters. The second kappa shape index (κ2) is 8.96. The third-order valence-corrected chi connectivity index (χ3v) is 5.80. The van der Waals surface area contributed by atoms with E-state index in [1.54, 1.807) is 24.3 Å². The Labute approximate surface area is 156 Å². The average Bonchev–Trinajstić information content (AvgIpc) is 2.60. The summed E-state index contributed by atoms with van der Waals surface area (Å²) in [6, 6.07) is 14.3. The van der Waals surface area contributed by atoms with Crippen LogP contribution in [0.15, 0.2) is 53.4 Å². The monoisotopic (exact) mass is 374 g/mol. The number of aryl methyl sites for hydroxylation is 2. The number of nitrogens with zero attached hydrogens (tertiary/aromatic N) is 1. The fraction of sp³-hybridized carbons (Fsp3) is 0.350. The van der Waals surface area contributed by atoms with Gasteiger partial charge in [-0.2, -0.15) is 4.31 Å². The van der Waals surface area contributed by atoms with Gasteiger partial charge in [0, 0.05) is 13.1 Å². The molecule has 2 aromatic carbocycles.